The molecule has 7 nitrogen and oxygen atoms in total. The number of nitrogens with one attached hydrogen (secondary N) is 1. The van der Waals surface area contributed by atoms with E-state index >= 15 is 0 Å². The van der Waals surface area contributed by atoms with Gasteiger partial charge in [0.15, 0.2) is 5.13 Å². The van der Waals surface area contributed by atoms with E-state index in [9.17, 15) is 4.79 Å². The van der Waals surface area contributed by atoms with Gasteiger partial charge in [0.2, 0.25) is 11.8 Å². The van der Waals surface area contributed by atoms with Gasteiger partial charge in [0.05, 0.1) is 24.9 Å². The van der Waals surface area contributed by atoms with E-state index < -0.39 is 0 Å². The van der Waals surface area contributed by atoms with Crippen LogP contribution in [0.15, 0.2) is 17.6 Å². The van der Waals surface area contributed by atoms with Crippen LogP contribution in [0.25, 0.3) is 0 Å². The first kappa shape index (κ1) is 15.0. The minimum atomic E-state index is -0.199. The summed E-state index contributed by atoms with van der Waals surface area (Å²) >= 11 is 1.31. The first-order valence-electron chi connectivity index (χ1n) is 6.21. The number of rotatable bonds is 5. The van der Waals surface area contributed by atoms with Crippen molar-refractivity contribution in [3.63, 3.8) is 0 Å². The zero-order valence-electron chi connectivity index (χ0n) is 12.1. The van der Waals surface area contributed by atoms with Crippen LogP contribution in [-0.4, -0.2) is 37.1 Å². The molecule has 112 valence electrons. The monoisotopic (exact) mass is 307 g/mol. The Morgan fingerprint density at radius 3 is 2.86 bits per heavy atom. The molecule has 2 aromatic heterocycles. The van der Waals surface area contributed by atoms with Crippen LogP contribution < -0.4 is 20.7 Å². The Morgan fingerprint density at radius 2 is 2.29 bits per heavy atom. The number of nitrogen functional groups attached to an aromatic ring is 1. The lowest BCUT2D eigenvalue weighted by Gasteiger charge is -2.19. The molecule has 0 spiro atoms. The number of carbonyl (C=O) groups excluding carboxylic acids is 1. The highest BCUT2D eigenvalue weighted by Crippen LogP contribution is 2.32. The molecule has 1 amide bonds. The minimum absolute atomic E-state index is 0.151. The maximum Gasteiger partial charge on any atom is 0.239 e. The van der Waals surface area contributed by atoms with E-state index in [1.54, 1.807) is 17.6 Å². The second-order valence-corrected chi connectivity index (χ2v) is 5.40. The van der Waals surface area contributed by atoms with Gasteiger partial charge in [-0.25, -0.2) is 9.97 Å². The largest absolute Gasteiger partial charge is 0.479 e. The van der Waals surface area contributed by atoms with Crippen molar-refractivity contribution in [1.29, 1.82) is 0 Å². The summed E-state index contributed by atoms with van der Waals surface area (Å²) in [6.07, 6.45) is 1.78. The Morgan fingerprint density at radius 1 is 1.52 bits per heavy atom. The third-order valence-electron chi connectivity index (χ3n) is 2.74. The van der Waals surface area contributed by atoms with Crippen LogP contribution in [0.1, 0.15) is 5.69 Å². The summed E-state index contributed by atoms with van der Waals surface area (Å²) in [5, 5.41) is 5.04. The van der Waals surface area contributed by atoms with E-state index in [1.807, 2.05) is 19.0 Å². The van der Waals surface area contributed by atoms with Gasteiger partial charge < -0.3 is 20.7 Å². The Balaban J connectivity index is 2.19. The fourth-order valence-electron chi connectivity index (χ4n) is 1.83. The molecule has 3 N–H and O–H groups in total. The number of amides is 1. The predicted octanol–water partition coefficient (Wildman–Crippen LogP) is 1.38. The first-order valence-corrected chi connectivity index (χ1v) is 7.09. The van der Waals surface area contributed by atoms with Crippen molar-refractivity contribution < 1.29 is 9.53 Å². The van der Waals surface area contributed by atoms with Crippen LogP contribution in [0.4, 0.5) is 16.5 Å². The Labute approximate surface area is 126 Å². The molecule has 0 bridgehead atoms. The van der Waals surface area contributed by atoms with Crippen LogP contribution in [0.2, 0.25) is 0 Å². The van der Waals surface area contributed by atoms with Gasteiger partial charge >= 0.3 is 0 Å². The van der Waals surface area contributed by atoms with Gasteiger partial charge in [-0.2, -0.15) is 0 Å². The number of nitrogens with two attached hydrogens (primary N) is 1. The summed E-state index contributed by atoms with van der Waals surface area (Å²) in [6.45, 7) is 0. The smallest absolute Gasteiger partial charge is 0.239 e. The van der Waals surface area contributed by atoms with Crippen LogP contribution in [0, 0.1) is 0 Å². The molecule has 0 saturated heterocycles. The summed E-state index contributed by atoms with van der Waals surface area (Å²) in [4.78, 5) is 22.2. The summed E-state index contributed by atoms with van der Waals surface area (Å²) in [5.74, 6) is 0.169. The molecule has 0 aromatic carbocycles. The second-order valence-electron chi connectivity index (χ2n) is 4.51. The van der Waals surface area contributed by atoms with E-state index in [0.29, 0.717) is 22.4 Å². The number of anilines is 3. The zero-order chi connectivity index (χ0) is 15.4. The normalized spacial score (nSPS) is 10.2. The van der Waals surface area contributed by atoms with Crippen molar-refractivity contribution in [3.8, 4) is 5.88 Å². The number of thiazole rings is 1. The Kier molecular flexibility index (Phi) is 4.59. The van der Waals surface area contributed by atoms with E-state index in [1.165, 1.54) is 18.4 Å². The molecule has 0 fully saturated rings. The van der Waals surface area contributed by atoms with E-state index in [2.05, 4.69) is 15.3 Å². The van der Waals surface area contributed by atoms with E-state index in [4.69, 9.17) is 10.5 Å². The van der Waals surface area contributed by atoms with Gasteiger partial charge in [-0.05, 0) is 6.07 Å². The predicted molar refractivity (Wildman–Crippen MR) is 84.0 cm³/mol. The molecule has 0 aliphatic heterocycles. The molecular formula is C13H17N5O2S. The fourth-order valence-corrected chi connectivity index (χ4v) is 2.39. The van der Waals surface area contributed by atoms with E-state index in [0.717, 1.165) is 5.69 Å². The number of carbonyl (C=O) groups is 1. The lowest BCUT2D eigenvalue weighted by atomic mass is 10.2. The third kappa shape index (κ3) is 3.60. The highest BCUT2D eigenvalue weighted by Gasteiger charge is 2.16. The molecule has 0 aliphatic carbocycles. The molecule has 2 rings (SSSR count). The number of methoxy groups -OCH3 is 1. The molecule has 21 heavy (non-hydrogen) atoms. The molecular weight excluding hydrogens is 290 g/mol. The van der Waals surface area contributed by atoms with Gasteiger partial charge in [-0.3, -0.25) is 4.79 Å². The molecule has 0 saturated carbocycles. The lowest BCUT2D eigenvalue weighted by molar-refractivity contribution is -0.115. The van der Waals surface area contributed by atoms with Crippen LogP contribution >= 0.6 is 11.3 Å². The van der Waals surface area contributed by atoms with Crippen LogP contribution in [0.3, 0.4) is 0 Å². The van der Waals surface area contributed by atoms with Crippen LogP contribution in [-0.2, 0) is 11.2 Å². The molecule has 0 unspecified atom stereocenters. The van der Waals surface area contributed by atoms with Crippen LogP contribution in [0.5, 0.6) is 5.88 Å². The molecule has 2 aromatic rings. The maximum absolute atomic E-state index is 12.1. The minimum Gasteiger partial charge on any atom is -0.479 e. The number of hydrogen-bond donors (Lipinski definition) is 2. The van der Waals surface area contributed by atoms with Gasteiger partial charge in [-0.15, -0.1) is 11.3 Å². The standard InChI is InChI=1S/C13H17N5O2S/c1-18(2)9-4-5-15-12(20-3)11(9)17-10(19)6-8-7-21-13(14)16-8/h4-5,7H,6H2,1-3H3,(H2,14,16)(H,17,19). The van der Waals surface area contributed by atoms with Crippen molar-refractivity contribution in [1.82, 2.24) is 9.97 Å². The Bertz CT molecular complexity index is 641. The van der Waals surface area contributed by atoms with Crippen molar-refractivity contribution in [3.05, 3.63) is 23.3 Å². The summed E-state index contributed by atoms with van der Waals surface area (Å²) in [7, 11) is 5.27. The van der Waals surface area contributed by atoms with Crippen molar-refractivity contribution in [2.75, 3.05) is 37.2 Å². The SMILES string of the molecule is COc1nccc(N(C)C)c1NC(=O)Cc1csc(N)n1. The van der Waals surface area contributed by atoms with Crippen molar-refractivity contribution in [2.24, 2.45) is 0 Å². The average Bonchev–Trinajstić information content (AvgIpc) is 2.83. The van der Waals surface area contributed by atoms with Gasteiger partial charge in [-0.1, -0.05) is 0 Å². The molecule has 0 atom stereocenters. The maximum atomic E-state index is 12.1. The summed E-state index contributed by atoms with van der Waals surface area (Å²) in [5.41, 5.74) is 7.55. The molecule has 8 heteroatoms. The van der Waals surface area contributed by atoms with Gasteiger partial charge in [0.1, 0.15) is 5.69 Å². The number of nitrogens with zero attached hydrogens (tertiary/aromatic N) is 3. The number of pyridine rings is 1. The molecule has 2 heterocycles. The van der Waals surface area contributed by atoms with Crippen molar-refractivity contribution >= 4 is 33.8 Å². The highest BCUT2D eigenvalue weighted by atomic mass is 32.1. The fraction of sp³-hybridized carbons (Fsp3) is 0.308. The zero-order valence-corrected chi connectivity index (χ0v) is 12.9. The topological polar surface area (TPSA) is 93.4 Å². The van der Waals surface area contributed by atoms with Crippen molar-refractivity contribution in [2.45, 2.75) is 6.42 Å². The molecule has 0 aliphatic rings. The first-order chi connectivity index (χ1) is 10.0. The quantitative estimate of drug-likeness (QED) is 0.866. The number of hydrogen-bond acceptors (Lipinski definition) is 7. The van der Waals surface area contributed by atoms with E-state index in [-0.39, 0.29) is 12.3 Å². The second kappa shape index (κ2) is 6.40. The summed E-state index contributed by atoms with van der Waals surface area (Å²) in [6, 6.07) is 1.80. The van der Waals surface area contributed by atoms with Gasteiger partial charge in [0, 0.05) is 25.7 Å². The Hall–Kier alpha value is -2.35. The number of ether oxygens (including phenoxy) is 1. The lowest BCUT2D eigenvalue weighted by Crippen LogP contribution is -2.19. The number of aromatic nitrogens is 2. The highest BCUT2D eigenvalue weighted by molar-refractivity contribution is 7.13. The molecule has 0 radical (unpaired) electrons. The van der Waals surface area contributed by atoms with Gasteiger partial charge in [0.25, 0.3) is 0 Å². The summed E-state index contributed by atoms with van der Waals surface area (Å²) < 4.78 is 5.21. The third-order valence-corrected chi connectivity index (χ3v) is 3.47. The average molecular weight is 307 g/mol.